The summed E-state index contributed by atoms with van der Waals surface area (Å²) in [5.74, 6) is -0.649. The van der Waals surface area contributed by atoms with Gasteiger partial charge >= 0.3 is 0 Å². The molecule has 0 radical (unpaired) electrons. The summed E-state index contributed by atoms with van der Waals surface area (Å²) in [5, 5.41) is 25.1. The first-order valence-corrected chi connectivity index (χ1v) is 4.45. The van der Waals surface area contributed by atoms with Gasteiger partial charge in [-0.25, -0.2) is 0 Å². The number of nitrogens with two attached hydrogens (primary N) is 1. The number of benzene rings is 1. The van der Waals surface area contributed by atoms with E-state index in [4.69, 9.17) is 5.73 Å². The molecule has 0 heterocycles. The van der Waals surface area contributed by atoms with Crippen molar-refractivity contribution in [2.75, 3.05) is 0 Å². The highest BCUT2D eigenvalue weighted by atomic mass is 32.1. The molecule has 0 aliphatic rings. The maximum absolute atomic E-state index is 11.1. The van der Waals surface area contributed by atoms with Gasteiger partial charge in [0.2, 0.25) is 0 Å². The summed E-state index contributed by atoms with van der Waals surface area (Å²) < 4.78 is 0. The van der Waals surface area contributed by atoms with Gasteiger partial charge in [0.25, 0.3) is 5.69 Å². The van der Waals surface area contributed by atoms with E-state index in [0.717, 1.165) is 12.1 Å². The van der Waals surface area contributed by atoms with Crippen molar-refractivity contribution >= 4 is 29.2 Å². The maximum atomic E-state index is 11.1. The maximum Gasteiger partial charge on any atom is 0.262 e. The molecule has 84 valence electrons. The van der Waals surface area contributed by atoms with Crippen LogP contribution in [0.2, 0.25) is 0 Å². The lowest BCUT2D eigenvalue weighted by Crippen LogP contribution is -2.23. The number of hydrogen-bond acceptors (Lipinski definition) is 5. The number of hydrogen-bond donors (Lipinski definition) is 2. The highest BCUT2D eigenvalue weighted by molar-refractivity contribution is 7.80. The summed E-state index contributed by atoms with van der Waals surface area (Å²) >= 11 is 4.49. The van der Waals surface area contributed by atoms with Crippen molar-refractivity contribution in [1.82, 2.24) is 5.43 Å². The van der Waals surface area contributed by atoms with Gasteiger partial charge in [-0.2, -0.15) is 5.10 Å². The van der Waals surface area contributed by atoms with E-state index in [1.165, 1.54) is 12.3 Å². The minimum atomic E-state index is -0.749. The molecule has 0 bridgehead atoms. The molecule has 0 fully saturated rings. The van der Waals surface area contributed by atoms with E-state index >= 15 is 0 Å². The predicted molar refractivity (Wildman–Crippen MR) is 60.1 cm³/mol. The molecule has 0 amide bonds. The molecule has 0 aromatic heterocycles. The molecular formula is C8H7N4O3S-. The second kappa shape index (κ2) is 5.03. The van der Waals surface area contributed by atoms with Crippen molar-refractivity contribution in [1.29, 1.82) is 0 Å². The van der Waals surface area contributed by atoms with Crippen LogP contribution in [-0.2, 0) is 0 Å². The Labute approximate surface area is 95.7 Å². The molecule has 1 rings (SSSR count). The fraction of sp³-hybridized carbons (Fsp3) is 0. The second-order valence-electron chi connectivity index (χ2n) is 2.72. The van der Waals surface area contributed by atoms with Crippen molar-refractivity contribution in [2.45, 2.75) is 0 Å². The number of nitrogens with one attached hydrogen (secondary N) is 1. The van der Waals surface area contributed by atoms with Crippen LogP contribution in [0.3, 0.4) is 0 Å². The van der Waals surface area contributed by atoms with Gasteiger partial charge in [-0.1, -0.05) is 12.1 Å². The van der Waals surface area contributed by atoms with Crippen molar-refractivity contribution in [3.8, 4) is 5.75 Å². The van der Waals surface area contributed by atoms with Crippen LogP contribution in [0.15, 0.2) is 23.3 Å². The lowest BCUT2D eigenvalue weighted by atomic mass is 10.2. The summed E-state index contributed by atoms with van der Waals surface area (Å²) in [6.07, 6.45) is 1.27. The molecule has 0 saturated carbocycles. The molecule has 7 nitrogen and oxygen atoms in total. The van der Waals surface area contributed by atoms with Gasteiger partial charge in [0.15, 0.2) is 5.11 Å². The number of nitrogens with zero attached hydrogens (tertiary/aromatic N) is 2. The summed E-state index contributed by atoms with van der Waals surface area (Å²) in [6, 6.07) is 3.62. The molecule has 1 aromatic rings. The number of nitro benzene ring substituents is 1. The number of nitro groups is 1. The van der Waals surface area contributed by atoms with Crippen LogP contribution in [0.5, 0.6) is 5.75 Å². The lowest BCUT2D eigenvalue weighted by molar-refractivity contribution is -0.398. The summed E-state index contributed by atoms with van der Waals surface area (Å²) in [5.41, 5.74) is 7.29. The predicted octanol–water partition coefficient (Wildman–Crippen LogP) is -0.165. The zero-order valence-corrected chi connectivity index (χ0v) is 8.73. The largest absolute Gasteiger partial charge is 0.868 e. The smallest absolute Gasteiger partial charge is 0.262 e. The Morgan fingerprint density at radius 2 is 2.31 bits per heavy atom. The Morgan fingerprint density at radius 3 is 2.88 bits per heavy atom. The Bertz CT molecular complexity index is 461. The van der Waals surface area contributed by atoms with Crippen molar-refractivity contribution in [3.63, 3.8) is 0 Å². The molecule has 0 atom stereocenters. The molecule has 16 heavy (non-hydrogen) atoms. The molecule has 3 N–H and O–H groups in total. The third kappa shape index (κ3) is 3.17. The highest BCUT2D eigenvalue weighted by Gasteiger charge is 2.06. The minimum Gasteiger partial charge on any atom is -0.868 e. The van der Waals surface area contributed by atoms with Crippen LogP contribution in [0.25, 0.3) is 0 Å². The molecule has 8 heteroatoms. The second-order valence-corrected chi connectivity index (χ2v) is 3.16. The molecule has 0 aliphatic heterocycles. The van der Waals surface area contributed by atoms with E-state index in [-0.39, 0.29) is 5.11 Å². The normalized spacial score (nSPS) is 10.2. The van der Waals surface area contributed by atoms with Gasteiger partial charge in [-0.15, -0.1) is 0 Å². The highest BCUT2D eigenvalue weighted by Crippen LogP contribution is 2.22. The molecule has 0 unspecified atom stereocenters. The van der Waals surface area contributed by atoms with Gasteiger partial charge in [0, 0.05) is 11.6 Å². The minimum absolute atomic E-state index is 0.0220. The van der Waals surface area contributed by atoms with Crippen molar-refractivity contribution in [3.05, 3.63) is 33.9 Å². The number of hydrazone groups is 1. The number of thiocarbonyl (C=S) groups is 1. The van der Waals surface area contributed by atoms with Crippen LogP contribution in [0.4, 0.5) is 5.69 Å². The zero-order chi connectivity index (χ0) is 12.1. The van der Waals surface area contributed by atoms with Gasteiger partial charge in [0.1, 0.15) is 0 Å². The van der Waals surface area contributed by atoms with Crippen molar-refractivity contribution < 1.29 is 10.0 Å². The van der Waals surface area contributed by atoms with Gasteiger partial charge in [-0.3, -0.25) is 15.5 Å². The van der Waals surface area contributed by atoms with E-state index in [2.05, 4.69) is 22.7 Å². The monoisotopic (exact) mass is 239 g/mol. The molecule has 1 aromatic carbocycles. The van der Waals surface area contributed by atoms with Crippen molar-refractivity contribution in [2.24, 2.45) is 10.8 Å². The summed E-state index contributed by atoms with van der Waals surface area (Å²) in [6.45, 7) is 0. The summed E-state index contributed by atoms with van der Waals surface area (Å²) in [4.78, 5) is 9.71. The number of rotatable bonds is 3. The van der Waals surface area contributed by atoms with Crippen LogP contribution in [-0.4, -0.2) is 16.3 Å². The SMILES string of the molecule is NC(=S)N/N=C\c1ccc([O-])c([N+](=O)[O-])c1. The van der Waals surface area contributed by atoms with E-state index < -0.39 is 16.4 Å². The Hall–Kier alpha value is -2.22. The molecular weight excluding hydrogens is 232 g/mol. The third-order valence-electron chi connectivity index (χ3n) is 1.57. The third-order valence-corrected chi connectivity index (χ3v) is 1.66. The average molecular weight is 239 g/mol. The van der Waals surface area contributed by atoms with Crippen LogP contribution in [0.1, 0.15) is 5.56 Å². The topological polar surface area (TPSA) is 117 Å². The lowest BCUT2D eigenvalue weighted by Gasteiger charge is -2.05. The first-order valence-electron chi connectivity index (χ1n) is 4.04. The van der Waals surface area contributed by atoms with E-state index in [1.807, 2.05) is 0 Å². The van der Waals surface area contributed by atoms with Gasteiger partial charge in [-0.05, 0) is 18.0 Å². The van der Waals surface area contributed by atoms with Gasteiger partial charge < -0.3 is 10.8 Å². The first-order chi connectivity index (χ1) is 7.50. The standard InChI is InChI=1S/C8H8N4O3S/c9-8(16)11-10-4-5-1-2-7(13)6(3-5)12(14)15/h1-4,13H,(H3,9,11,16)/p-1/b10-4-. The Kier molecular flexibility index (Phi) is 3.72. The summed E-state index contributed by atoms with van der Waals surface area (Å²) in [7, 11) is 0. The van der Waals surface area contributed by atoms with Crippen LogP contribution < -0.4 is 16.3 Å². The van der Waals surface area contributed by atoms with E-state index in [0.29, 0.717) is 5.56 Å². The fourth-order valence-corrected chi connectivity index (χ4v) is 0.981. The fourth-order valence-electron chi connectivity index (χ4n) is 0.928. The quantitative estimate of drug-likeness (QED) is 0.327. The van der Waals surface area contributed by atoms with Gasteiger partial charge in [0.05, 0.1) is 11.1 Å². The van der Waals surface area contributed by atoms with Crippen LogP contribution in [0, 0.1) is 10.1 Å². The molecule has 0 saturated heterocycles. The first kappa shape index (κ1) is 11.9. The molecule has 0 spiro atoms. The Morgan fingerprint density at radius 1 is 1.62 bits per heavy atom. The average Bonchev–Trinajstić information content (AvgIpc) is 2.19. The van der Waals surface area contributed by atoms with E-state index in [1.54, 1.807) is 0 Å². The zero-order valence-electron chi connectivity index (χ0n) is 7.91. The molecule has 0 aliphatic carbocycles. The Balaban J connectivity index is 2.91. The van der Waals surface area contributed by atoms with Crippen LogP contribution >= 0.6 is 12.2 Å². The van der Waals surface area contributed by atoms with E-state index in [9.17, 15) is 15.2 Å².